The third-order valence-electron chi connectivity index (χ3n) is 4.77. The zero-order chi connectivity index (χ0) is 10.0. The third kappa shape index (κ3) is 0.842. The molecule has 0 aromatic rings. The summed E-state index contributed by atoms with van der Waals surface area (Å²) < 4.78 is 0. The van der Waals surface area contributed by atoms with Gasteiger partial charge >= 0.3 is 0 Å². The molecule has 0 aromatic carbocycles. The van der Waals surface area contributed by atoms with Crippen LogP contribution in [0.15, 0.2) is 11.1 Å². The number of hydrogen-bond acceptors (Lipinski definition) is 2. The molecule has 4 unspecified atom stereocenters. The summed E-state index contributed by atoms with van der Waals surface area (Å²) in [6, 6.07) is 0.470. The normalized spacial score (nSPS) is 51.9. The van der Waals surface area contributed by atoms with Crippen molar-refractivity contribution in [3.63, 3.8) is 0 Å². The minimum atomic E-state index is -0.213. The van der Waals surface area contributed by atoms with Crippen molar-refractivity contribution >= 4 is 0 Å². The van der Waals surface area contributed by atoms with Crippen LogP contribution in [-0.2, 0) is 0 Å². The Labute approximate surface area is 85.6 Å². The van der Waals surface area contributed by atoms with Gasteiger partial charge in [-0.3, -0.25) is 4.90 Å². The molecule has 2 nitrogen and oxygen atoms in total. The number of aliphatic hydroxyl groups is 1. The molecule has 1 saturated carbocycles. The number of nitrogens with zero attached hydrogens (tertiary/aromatic N) is 1. The van der Waals surface area contributed by atoms with Crippen molar-refractivity contribution in [1.29, 1.82) is 0 Å². The predicted octanol–water partition coefficient (Wildman–Crippen LogP) is 1.61. The van der Waals surface area contributed by atoms with Crippen molar-refractivity contribution in [2.45, 2.75) is 39.0 Å². The van der Waals surface area contributed by atoms with Gasteiger partial charge < -0.3 is 5.11 Å². The molecule has 2 fully saturated rings. The average molecular weight is 193 g/mol. The topological polar surface area (TPSA) is 23.5 Å². The van der Waals surface area contributed by atoms with Crippen molar-refractivity contribution in [2.24, 2.45) is 17.8 Å². The summed E-state index contributed by atoms with van der Waals surface area (Å²) >= 11 is 0. The third-order valence-corrected chi connectivity index (χ3v) is 4.77. The summed E-state index contributed by atoms with van der Waals surface area (Å²) in [6.45, 7) is 4.58. The molecule has 1 heterocycles. The molecule has 0 amide bonds. The van der Waals surface area contributed by atoms with E-state index in [0.717, 1.165) is 11.8 Å². The minimum absolute atomic E-state index is 0.213. The first-order chi connectivity index (χ1) is 6.61. The summed E-state index contributed by atoms with van der Waals surface area (Å²) in [5.41, 5.74) is 3.26. The zero-order valence-electron chi connectivity index (χ0n) is 9.20. The monoisotopic (exact) mass is 193 g/mol. The van der Waals surface area contributed by atoms with E-state index in [4.69, 9.17) is 0 Å². The lowest BCUT2D eigenvalue weighted by molar-refractivity contribution is -0.00110. The largest absolute Gasteiger partial charge is 0.378 e. The molecule has 0 spiro atoms. The van der Waals surface area contributed by atoms with Crippen molar-refractivity contribution in [3.05, 3.63) is 11.1 Å². The summed E-state index contributed by atoms with van der Waals surface area (Å²) in [6.07, 6.45) is 2.37. The highest BCUT2D eigenvalue weighted by atomic mass is 16.3. The smallest absolute Gasteiger partial charge is 0.114 e. The lowest BCUT2D eigenvalue weighted by Crippen LogP contribution is -2.34. The molecule has 2 bridgehead atoms. The first-order valence-corrected chi connectivity index (χ1v) is 5.74. The van der Waals surface area contributed by atoms with E-state index in [1.807, 2.05) is 7.05 Å². The molecular weight excluding hydrogens is 174 g/mol. The Morgan fingerprint density at radius 2 is 2.07 bits per heavy atom. The van der Waals surface area contributed by atoms with Crippen molar-refractivity contribution in [2.75, 3.05) is 7.05 Å². The molecule has 1 N–H and O–H groups in total. The van der Waals surface area contributed by atoms with Gasteiger partial charge in [-0.05, 0) is 44.2 Å². The Kier molecular flexibility index (Phi) is 1.67. The van der Waals surface area contributed by atoms with Crippen LogP contribution in [0.1, 0.15) is 26.7 Å². The fourth-order valence-electron chi connectivity index (χ4n) is 3.96. The minimum Gasteiger partial charge on any atom is -0.378 e. The van der Waals surface area contributed by atoms with Gasteiger partial charge in [-0.25, -0.2) is 0 Å². The molecule has 3 aliphatic rings. The molecule has 0 aromatic heterocycles. The number of likely N-dealkylation sites (N-methyl/N-ethyl adjacent to an activating group) is 1. The molecule has 78 valence electrons. The summed E-state index contributed by atoms with van der Waals surface area (Å²) in [7, 11) is 2.05. The van der Waals surface area contributed by atoms with Crippen LogP contribution in [0.4, 0.5) is 0 Å². The van der Waals surface area contributed by atoms with E-state index < -0.39 is 0 Å². The molecular formula is C12H19NO. The Morgan fingerprint density at radius 1 is 1.36 bits per heavy atom. The van der Waals surface area contributed by atoms with Crippen molar-refractivity contribution < 1.29 is 5.11 Å². The van der Waals surface area contributed by atoms with E-state index >= 15 is 0 Å². The number of likely N-dealkylation sites (tertiary alicyclic amines) is 1. The van der Waals surface area contributed by atoms with Gasteiger partial charge in [-0.2, -0.15) is 0 Å². The van der Waals surface area contributed by atoms with E-state index in [0.29, 0.717) is 12.0 Å². The first kappa shape index (κ1) is 8.93. The van der Waals surface area contributed by atoms with Crippen molar-refractivity contribution in [1.82, 2.24) is 4.90 Å². The maximum Gasteiger partial charge on any atom is 0.114 e. The maximum absolute atomic E-state index is 10.1. The molecule has 1 saturated heterocycles. The summed E-state index contributed by atoms with van der Waals surface area (Å²) in [5.74, 6) is 2.01. The SMILES string of the molecule is CC1CC2CC1=C1C2C(O)N(C)[C@@H]1C. The number of aliphatic hydroxyl groups excluding tert-OH is 1. The van der Waals surface area contributed by atoms with Gasteiger partial charge in [-0.1, -0.05) is 12.5 Å². The van der Waals surface area contributed by atoms with E-state index in [9.17, 15) is 5.11 Å². The second kappa shape index (κ2) is 2.61. The van der Waals surface area contributed by atoms with Crippen molar-refractivity contribution in [3.8, 4) is 0 Å². The van der Waals surface area contributed by atoms with Crippen LogP contribution < -0.4 is 0 Å². The number of allylic oxidation sites excluding steroid dienone is 1. The lowest BCUT2D eigenvalue weighted by atomic mass is 9.82. The zero-order valence-corrected chi connectivity index (χ0v) is 9.20. The maximum atomic E-state index is 10.1. The van der Waals surface area contributed by atoms with Gasteiger partial charge in [0.2, 0.25) is 0 Å². The van der Waals surface area contributed by atoms with Gasteiger partial charge in [0.25, 0.3) is 0 Å². The molecule has 3 rings (SSSR count). The van der Waals surface area contributed by atoms with Crippen LogP contribution in [0.5, 0.6) is 0 Å². The summed E-state index contributed by atoms with van der Waals surface area (Å²) in [4.78, 5) is 2.13. The van der Waals surface area contributed by atoms with Crippen LogP contribution in [0.25, 0.3) is 0 Å². The Morgan fingerprint density at radius 3 is 2.79 bits per heavy atom. The second-order valence-corrected chi connectivity index (χ2v) is 5.36. The van der Waals surface area contributed by atoms with Gasteiger partial charge in [0.05, 0.1) is 0 Å². The number of hydrogen-bond donors (Lipinski definition) is 1. The van der Waals surface area contributed by atoms with E-state index in [-0.39, 0.29) is 6.23 Å². The molecule has 14 heavy (non-hydrogen) atoms. The Bertz CT molecular complexity index is 309. The Hall–Kier alpha value is -0.340. The highest BCUT2D eigenvalue weighted by Gasteiger charge is 2.53. The van der Waals surface area contributed by atoms with Crippen LogP contribution in [-0.4, -0.2) is 29.3 Å². The van der Waals surface area contributed by atoms with Crippen LogP contribution >= 0.6 is 0 Å². The van der Waals surface area contributed by atoms with E-state index in [2.05, 4.69) is 18.7 Å². The fourth-order valence-corrected chi connectivity index (χ4v) is 3.96. The average Bonchev–Trinajstić information content (AvgIpc) is 2.74. The second-order valence-electron chi connectivity index (χ2n) is 5.36. The van der Waals surface area contributed by atoms with Crippen LogP contribution in [0.2, 0.25) is 0 Å². The van der Waals surface area contributed by atoms with E-state index in [1.165, 1.54) is 12.8 Å². The van der Waals surface area contributed by atoms with Gasteiger partial charge in [0.1, 0.15) is 6.23 Å². The van der Waals surface area contributed by atoms with Crippen LogP contribution in [0, 0.1) is 17.8 Å². The van der Waals surface area contributed by atoms with Gasteiger partial charge in [0, 0.05) is 12.0 Å². The predicted molar refractivity (Wildman–Crippen MR) is 55.6 cm³/mol. The molecule has 1 aliphatic heterocycles. The molecule has 2 aliphatic carbocycles. The quantitative estimate of drug-likeness (QED) is 0.591. The Balaban J connectivity index is 2.08. The van der Waals surface area contributed by atoms with Gasteiger partial charge in [-0.15, -0.1) is 0 Å². The van der Waals surface area contributed by atoms with Crippen LogP contribution in [0.3, 0.4) is 0 Å². The standard InChI is InChI=1S/C12H19NO/c1-6-4-8-5-9(6)10-7(2)13(3)12(14)11(8)10/h6-8,11-12,14H,4-5H2,1-3H3/t6?,7-,8?,11?,12?/m1/s1. The van der Waals surface area contributed by atoms with E-state index in [1.54, 1.807) is 11.1 Å². The first-order valence-electron chi connectivity index (χ1n) is 5.74. The number of fused-ring (bicyclic) bond motifs is 4. The molecule has 0 radical (unpaired) electrons. The van der Waals surface area contributed by atoms with Gasteiger partial charge in [0.15, 0.2) is 0 Å². The number of rotatable bonds is 0. The molecule has 5 atom stereocenters. The summed E-state index contributed by atoms with van der Waals surface area (Å²) in [5, 5.41) is 10.1. The molecule has 2 heteroatoms. The highest BCUT2D eigenvalue weighted by molar-refractivity contribution is 5.38. The lowest BCUT2D eigenvalue weighted by Gasteiger charge is -2.24. The fraction of sp³-hybridized carbons (Fsp3) is 0.833. The highest BCUT2D eigenvalue weighted by Crippen LogP contribution is 2.56.